The number of ether oxygens (including phenoxy) is 1. The van der Waals surface area contributed by atoms with Crippen LogP contribution in [-0.4, -0.2) is 35.4 Å². The standard InChI is InChI=1S/C12H26O.C3H4O4/c1-3-5-7-9-11-13-12-10-8-6-4-2;4-2(5)1-3(6)7/h3-12H2,1-2H3;1H2,(H,4,5)(H,6,7). The zero-order valence-electron chi connectivity index (χ0n) is 12.9. The van der Waals surface area contributed by atoms with Crippen molar-refractivity contribution in [3.8, 4) is 0 Å². The van der Waals surface area contributed by atoms with Crippen molar-refractivity contribution in [2.45, 2.75) is 71.6 Å². The fourth-order valence-corrected chi connectivity index (χ4v) is 1.49. The minimum atomic E-state index is -1.31. The first-order valence-electron chi connectivity index (χ1n) is 7.55. The van der Waals surface area contributed by atoms with Gasteiger partial charge in [0.15, 0.2) is 0 Å². The molecule has 0 aromatic heterocycles. The summed E-state index contributed by atoms with van der Waals surface area (Å²) in [7, 11) is 0. The summed E-state index contributed by atoms with van der Waals surface area (Å²) in [6, 6.07) is 0. The number of hydrogen-bond acceptors (Lipinski definition) is 3. The molecule has 0 aliphatic carbocycles. The van der Waals surface area contributed by atoms with Gasteiger partial charge in [0.25, 0.3) is 0 Å². The van der Waals surface area contributed by atoms with Crippen LogP contribution in [0.1, 0.15) is 71.6 Å². The maximum atomic E-state index is 9.43. The summed E-state index contributed by atoms with van der Waals surface area (Å²) in [5.41, 5.74) is 0. The van der Waals surface area contributed by atoms with Gasteiger partial charge in [-0.25, -0.2) is 0 Å². The minimum Gasteiger partial charge on any atom is -0.481 e. The predicted octanol–water partition coefficient (Wildman–Crippen LogP) is 3.71. The molecule has 0 aliphatic heterocycles. The van der Waals surface area contributed by atoms with Crippen LogP contribution in [0, 0.1) is 0 Å². The Morgan fingerprint density at radius 1 is 0.750 bits per heavy atom. The van der Waals surface area contributed by atoms with Crippen LogP contribution in [0.5, 0.6) is 0 Å². The molecule has 0 unspecified atom stereocenters. The van der Waals surface area contributed by atoms with Crippen molar-refractivity contribution in [3.63, 3.8) is 0 Å². The SMILES string of the molecule is CCCCCCOCCCCCC.O=C(O)CC(=O)O. The zero-order chi connectivity index (χ0) is 15.6. The molecule has 0 aliphatic rings. The molecule has 0 heterocycles. The molecular formula is C15H30O5. The highest BCUT2D eigenvalue weighted by molar-refractivity contribution is 5.88. The second-order valence-corrected chi connectivity index (χ2v) is 4.70. The van der Waals surface area contributed by atoms with Crippen molar-refractivity contribution >= 4 is 11.9 Å². The fourth-order valence-electron chi connectivity index (χ4n) is 1.49. The molecule has 0 rings (SSSR count). The lowest BCUT2D eigenvalue weighted by molar-refractivity contribution is -0.147. The van der Waals surface area contributed by atoms with E-state index in [1.807, 2.05) is 0 Å². The van der Waals surface area contributed by atoms with E-state index in [1.165, 1.54) is 51.4 Å². The van der Waals surface area contributed by atoms with Crippen LogP contribution in [0.4, 0.5) is 0 Å². The van der Waals surface area contributed by atoms with Gasteiger partial charge in [-0.05, 0) is 12.8 Å². The third kappa shape index (κ3) is 25.7. The van der Waals surface area contributed by atoms with E-state index in [9.17, 15) is 9.59 Å². The molecule has 0 spiro atoms. The number of unbranched alkanes of at least 4 members (excludes halogenated alkanes) is 6. The van der Waals surface area contributed by atoms with Gasteiger partial charge in [-0.1, -0.05) is 52.4 Å². The molecule has 5 nitrogen and oxygen atoms in total. The molecule has 0 saturated heterocycles. The highest BCUT2D eigenvalue weighted by atomic mass is 16.5. The number of carboxylic acid groups (broad SMARTS) is 2. The lowest BCUT2D eigenvalue weighted by atomic mass is 10.2. The van der Waals surface area contributed by atoms with E-state index in [0.717, 1.165) is 13.2 Å². The largest absolute Gasteiger partial charge is 0.481 e. The summed E-state index contributed by atoms with van der Waals surface area (Å²) in [6.45, 7) is 6.44. The van der Waals surface area contributed by atoms with Gasteiger partial charge >= 0.3 is 11.9 Å². The molecule has 20 heavy (non-hydrogen) atoms. The summed E-state index contributed by atoms with van der Waals surface area (Å²) in [5, 5.41) is 15.4. The number of carboxylic acids is 2. The number of rotatable bonds is 12. The molecule has 0 amide bonds. The third-order valence-electron chi connectivity index (χ3n) is 2.59. The molecule has 0 aromatic carbocycles. The highest BCUT2D eigenvalue weighted by Gasteiger charge is 2.01. The Morgan fingerprint density at radius 3 is 1.40 bits per heavy atom. The van der Waals surface area contributed by atoms with Crippen LogP contribution in [0.25, 0.3) is 0 Å². The zero-order valence-corrected chi connectivity index (χ0v) is 12.9. The van der Waals surface area contributed by atoms with Crippen LogP contribution in [0.15, 0.2) is 0 Å². The van der Waals surface area contributed by atoms with E-state index < -0.39 is 18.4 Å². The number of carbonyl (C=O) groups is 2. The molecule has 0 aromatic rings. The van der Waals surface area contributed by atoms with Crippen molar-refractivity contribution in [3.05, 3.63) is 0 Å². The average Bonchev–Trinajstić information content (AvgIpc) is 2.36. The van der Waals surface area contributed by atoms with Crippen LogP contribution in [0.2, 0.25) is 0 Å². The molecular weight excluding hydrogens is 260 g/mol. The smallest absolute Gasteiger partial charge is 0.314 e. The summed E-state index contributed by atoms with van der Waals surface area (Å²) >= 11 is 0. The average molecular weight is 290 g/mol. The summed E-state index contributed by atoms with van der Waals surface area (Å²) in [6.07, 6.45) is 9.73. The molecule has 0 atom stereocenters. The lowest BCUT2D eigenvalue weighted by Gasteiger charge is -2.03. The minimum absolute atomic E-state index is 0.806. The van der Waals surface area contributed by atoms with Gasteiger partial charge in [0.1, 0.15) is 6.42 Å². The van der Waals surface area contributed by atoms with Crippen LogP contribution in [0.3, 0.4) is 0 Å². The van der Waals surface area contributed by atoms with Crippen molar-refractivity contribution in [2.24, 2.45) is 0 Å². The molecule has 2 N–H and O–H groups in total. The Labute approximate surface area is 122 Å². The van der Waals surface area contributed by atoms with Crippen molar-refractivity contribution < 1.29 is 24.5 Å². The first-order chi connectivity index (χ1) is 9.54. The second kappa shape index (κ2) is 17.9. The van der Waals surface area contributed by atoms with Gasteiger partial charge in [-0.2, -0.15) is 0 Å². The first-order valence-corrected chi connectivity index (χ1v) is 7.55. The molecule has 0 bridgehead atoms. The molecule has 5 heteroatoms. The van der Waals surface area contributed by atoms with E-state index in [1.54, 1.807) is 0 Å². The Balaban J connectivity index is 0. The monoisotopic (exact) mass is 290 g/mol. The maximum absolute atomic E-state index is 9.43. The predicted molar refractivity (Wildman–Crippen MR) is 79.0 cm³/mol. The topological polar surface area (TPSA) is 83.8 Å². The summed E-state index contributed by atoms with van der Waals surface area (Å²) < 4.78 is 5.53. The van der Waals surface area contributed by atoms with Crippen molar-refractivity contribution in [1.82, 2.24) is 0 Å². The maximum Gasteiger partial charge on any atom is 0.314 e. The normalized spacial score (nSPS) is 9.70. The molecule has 0 fully saturated rings. The second-order valence-electron chi connectivity index (χ2n) is 4.70. The fraction of sp³-hybridized carbons (Fsp3) is 0.867. The van der Waals surface area contributed by atoms with Crippen LogP contribution in [-0.2, 0) is 14.3 Å². The van der Waals surface area contributed by atoms with Gasteiger partial charge in [0.2, 0.25) is 0 Å². The molecule has 0 radical (unpaired) electrons. The van der Waals surface area contributed by atoms with Gasteiger partial charge < -0.3 is 14.9 Å². The quantitative estimate of drug-likeness (QED) is 0.423. The number of hydrogen-bond donors (Lipinski definition) is 2. The third-order valence-corrected chi connectivity index (χ3v) is 2.59. The van der Waals surface area contributed by atoms with E-state index >= 15 is 0 Å². The van der Waals surface area contributed by atoms with Crippen molar-refractivity contribution in [1.29, 1.82) is 0 Å². The van der Waals surface area contributed by atoms with E-state index in [0.29, 0.717) is 0 Å². The van der Waals surface area contributed by atoms with Gasteiger partial charge in [0, 0.05) is 13.2 Å². The van der Waals surface area contributed by atoms with Gasteiger partial charge in [-0.3, -0.25) is 9.59 Å². The van der Waals surface area contributed by atoms with Gasteiger partial charge in [0.05, 0.1) is 0 Å². The Bertz CT molecular complexity index is 206. The molecule has 120 valence electrons. The van der Waals surface area contributed by atoms with Crippen LogP contribution < -0.4 is 0 Å². The van der Waals surface area contributed by atoms with Crippen molar-refractivity contribution in [2.75, 3.05) is 13.2 Å². The van der Waals surface area contributed by atoms with E-state index in [-0.39, 0.29) is 0 Å². The molecule has 0 saturated carbocycles. The Morgan fingerprint density at radius 2 is 1.15 bits per heavy atom. The summed E-state index contributed by atoms with van der Waals surface area (Å²) in [4.78, 5) is 18.9. The van der Waals surface area contributed by atoms with Crippen LogP contribution >= 0.6 is 0 Å². The number of aliphatic carboxylic acids is 2. The lowest BCUT2D eigenvalue weighted by Crippen LogP contribution is -2.03. The Kier molecular flexibility index (Phi) is 19.0. The van der Waals surface area contributed by atoms with Gasteiger partial charge in [-0.15, -0.1) is 0 Å². The van der Waals surface area contributed by atoms with E-state index in [4.69, 9.17) is 14.9 Å². The Hall–Kier alpha value is -1.10. The summed E-state index contributed by atoms with van der Waals surface area (Å²) in [5.74, 6) is -2.62. The van der Waals surface area contributed by atoms with E-state index in [2.05, 4.69) is 13.8 Å². The highest BCUT2D eigenvalue weighted by Crippen LogP contribution is 2.01. The first kappa shape index (κ1) is 21.2.